The fraction of sp³-hybridized carbons (Fsp3) is 0.350. The van der Waals surface area contributed by atoms with Gasteiger partial charge in [0.1, 0.15) is 5.82 Å². The van der Waals surface area contributed by atoms with Crippen molar-refractivity contribution in [2.45, 2.75) is 29.6 Å². The number of amides is 1. The summed E-state index contributed by atoms with van der Waals surface area (Å²) in [5.41, 5.74) is 0.634. The molecule has 1 fully saturated rings. The number of carbonyl (C=O) groups excluding carboxylic acids is 1. The normalized spacial score (nSPS) is 15.0. The molecule has 0 spiro atoms. The number of hydrogen-bond acceptors (Lipinski definition) is 4. The Kier molecular flexibility index (Phi) is 6.45. The molecule has 0 atom stereocenters. The molecule has 0 unspecified atom stereocenters. The van der Waals surface area contributed by atoms with Gasteiger partial charge in [0.2, 0.25) is 5.91 Å². The zero-order valence-corrected chi connectivity index (χ0v) is 17.4. The summed E-state index contributed by atoms with van der Waals surface area (Å²) < 4.78 is 45.6. The Labute approximate surface area is 174 Å². The van der Waals surface area contributed by atoms with Crippen LogP contribution in [0.2, 0.25) is 5.02 Å². The highest BCUT2D eigenvalue weighted by atomic mass is 35.5. The molecule has 0 radical (unpaired) electrons. The molecule has 9 heteroatoms. The molecular weight excluding hydrogens is 419 g/mol. The van der Waals surface area contributed by atoms with Crippen LogP contribution in [0.3, 0.4) is 0 Å². The first-order chi connectivity index (χ1) is 13.8. The van der Waals surface area contributed by atoms with E-state index in [9.17, 15) is 17.6 Å². The van der Waals surface area contributed by atoms with Gasteiger partial charge < -0.3 is 10.1 Å². The first-order valence-electron chi connectivity index (χ1n) is 9.14. The van der Waals surface area contributed by atoms with Crippen molar-refractivity contribution >= 4 is 33.2 Å². The van der Waals surface area contributed by atoms with Crippen LogP contribution in [0.1, 0.15) is 24.8 Å². The molecule has 1 aliphatic rings. The average molecular weight is 441 g/mol. The van der Waals surface area contributed by atoms with Gasteiger partial charge in [-0.05, 0) is 55.2 Å². The lowest BCUT2D eigenvalue weighted by Crippen LogP contribution is -2.35. The molecule has 0 heterocycles. The van der Waals surface area contributed by atoms with Crippen LogP contribution in [0, 0.1) is 5.82 Å². The minimum Gasteiger partial charge on any atom is -0.385 e. The summed E-state index contributed by atoms with van der Waals surface area (Å²) in [7, 11) is -2.30. The van der Waals surface area contributed by atoms with Crippen LogP contribution in [0.5, 0.6) is 0 Å². The highest BCUT2D eigenvalue weighted by molar-refractivity contribution is 7.92. The third-order valence-corrected chi connectivity index (χ3v) is 6.56. The van der Waals surface area contributed by atoms with Crippen LogP contribution in [-0.2, 0) is 25.0 Å². The Bertz CT molecular complexity index is 992. The molecule has 0 aliphatic heterocycles. The van der Waals surface area contributed by atoms with Crippen LogP contribution >= 0.6 is 11.6 Å². The molecule has 156 valence electrons. The number of halogens is 2. The van der Waals surface area contributed by atoms with Gasteiger partial charge in [0.15, 0.2) is 0 Å². The van der Waals surface area contributed by atoms with E-state index in [2.05, 4.69) is 10.0 Å². The van der Waals surface area contributed by atoms with Crippen LogP contribution in [0.15, 0.2) is 47.4 Å². The molecule has 1 saturated carbocycles. The average Bonchev–Trinajstić information content (AvgIpc) is 3.49. The largest absolute Gasteiger partial charge is 0.385 e. The fourth-order valence-corrected chi connectivity index (χ4v) is 4.40. The van der Waals surface area contributed by atoms with Crippen molar-refractivity contribution in [2.24, 2.45) is 0 Å². The number of hydrogen-bond donors (Lipinski definition) is 2. The lowest BCUT2D eigenvalue weighted by Gasteiger charge is -2.16. The Morgan fingerprint density at radius 1 is 1.21 bits per heavy atom. The van der Waals surface area contributed by atoms with E-state index in [1.807, 2.05) is 0 Å². The molecule has 0 bridgehead atoms. The molecule has 2 aromatic rings. The number of rotatable bonds is 9. The maximum absolute atomic E-state index is 13.3. The summed E-state index contributed by atoms with van der Waals surface area (Å²) >= 11 is 5.67. The van der Waals surface area contributed by atoms with Crippen LogP contribution in [0.25, 0.3) is 0 Å². The van der Waals surface area contributed by atoms with E-state index in [0.717, 1.165) is 43.0 Å². The summed E-state index contributed by atoms with van der Waals surface area (Å²) in [6.07, 6.45) is 2.25. The highest BCUT2D eigenvalue weighted by Gasteiger charge is 2.50. The van der Waals surface area contributed by atoms with Crippen molar-refractivity contribution in [1.29, 1.82) is 0 Å². The smallest absolute Gasteiger partial charge is 0.261 e. The molecule has 3 rings (SSSR count). The van der Waals surface area contributed by atoms with E-state index in [-0.39, 0.29) is 15.8 Å². The van der Waals surface area contributed by atoms with Gasteiger partial charge in [0.05, 0.1) is 15.3 Å². The summed E-state index contributed by atoms with van der Waals surface area (Å²) in [6, 6.07) is 9.91. The lowest BCUT2D eigenvalue weighted by molar-refractivity contribution is -0.123. The number of ether oxygens (including phenoxy) is 1. The fourth-order valence-electron chi connectivity index (χ4n) is 3.07. The zero-order chi connectivity index (χ0) is 21.1. The van der Waals surface area contributed by atoms with Gasteiger partial charge in [0.25, 0.3) is 10.0 Å². The SMILES string of the molecule is COCCCNC(=O)C1(c2ccc(NS(=O)(=O)c3ccc(F)c(Cl)c3)cc2)CC1. The number of anilines is 1. The van der Waals surface area contributed by atoms with Crippen molar-refractivity contribution in [3.05, 3.63) is 58.9 Å². The first-order valence-corrected chi connectivity index (χ1v) is 11.0. The molecule has 0 saturated heterocycles. The van der Waals surface area contributed by atoms with Gasteiger partial charge in [-0.1, -0.05) is 23.7 Å². The van der Waals surface area contributed by atoms with Gasteiger partial charge in [-0.15, -0.1) is 0 Å². The highest BCUT2D eigenvalue weighted by Crippen LogP contribution is 2.48. The molecule has 2 N–H and O–H groups in total. The van der Waals surface area contributed by atoms with Crippen LogP contribution in [0.4, 0.5) is 10.1 Å². The second-order valence-electron chi connectivity index (χ2n) is 6.94. The van der Waals surface area contributed by atoms with Crippen LogP contribution in [-0.4, -0.2) is 34.6 Å². The molecular formula is C20H22ClFN2O4S. The monoisotopic (exact) mass is 440 g/mol. The van der Waals surface area contributed by atoms with Crippen molar-refractivity contribution in [2.75, 3.05) is 25.0 Å². The van der Waals surface area contributed by atoms with Gasteiger partial charge in [-0.2, -0.15) is 0 Å². The van der Waals surface area contributed by atoms with E-state index in [1.54, 1.807) is 31.4 Å². The Morgan fingerprint density at radius 2 is 1.90 bits per heavy atom. The third-order valence-electron chi connectivity index (χ3n) is 4.89. The quantitative estimate of drug-likeness (QED) is 0.585. The topological polar surface area (TPSA) is 84.5 Å². The number of carbonyl (C=O) groups is 1. The second-order valence-corrected chi connectivity index (χ2v) is 9.03. The minimum atomic E-state index is -3.91. The van der Waals surface area contributed by atoms with E-state index in [4.69, 9.17) is 16.3 Å². The maximum Gasteiger partial charge on any atom is 0.261 e. The van der Waals surface area contributed by atoms with Crippen molar-refractivity contribution in [3.8, 4) is 0 Å². The summed E-state index contributed by atoms with van der Waals surface area (Å²) in [6.45, 7) is 1.13. The Hall–Kier alpha value is -2.16. The van der Waals surface area contributed by atoms with Gasteiger partial charge >= 0.3 is 0 Å². The van der Waals surface area contributed by atoms with Crippen molar-refractivity contribution in [3.63, 3.8) is 0 Å². The number of methoxy groups -OCH3 is 1. The van der Waals surface area contributed by atoms with Gasteiger partial charge in [-0.3, -0.25) is 9.52 Å². The number of sulfonamides is 1. The molecule has 6 nitrogen and oxygen atoms in total. The van der Waals surface area contributed by atoms with E-state index >= 15 is 0 Å². The minimum absolute atomic E-state index is 0.0251. The zero-order valence-electron chi connectivity index (χ0n) is 15.9. The summed E-state index contributed by atoms with van der Waals surface area (Å²) in [5, 5.41) is 2.66. The molecule has 0 aromatic heterocycles. The van der Waals surface area contributed by atoms with Crippen LogP contribution < -0.4 is 10.0 Å². The molecule has 1 aliphatic carbocycles. The molecule has 1 amide bonds. The van der Waals surface area contributed by atoms with E-state index < -0.39 is 21.3 Å². The molecule has 2 aromatic carbocycles. The summed E-state index contributed by atoms with van der Waals surface area (Å²) in [5.74, 6) is -0.715. The predicted molar refractivity (Wildman–Crippen MR) is 109 cm³/mol. The Balaban J connectivity index is 1.68. The van der Waals surface area contributed by atoms with Crippen molar-refractivity contribution < 1.29 is 22.3 Å². The van der Waals surface area contributed by atoms with Gasteiger partial charge in [-0.25, -0.2) is 12.8 Å². The first kappa shape index (κ1) is 21.5. The number of nitrogens with one attached hydrogen (secondary N) is 2. The molecule has 29 heavy (non-hydrogen) atoms. The van der Waals surface area contributed by atoms with E-state index in [0.29, 0.717) is 18.8 Å². The summed E-state index contributed by atoms with van der Waals surface area (Å²) in [4.78, 5) is 12.4. The maximum atomic E-state index is 13.3. The van der Waals surface area contributed by atoms with E-state index in [1.165, 1.54) is 0 Å². The second kappa shape index (κ2) is 8.69. The standard InChI is InChI=1S/C20H22ClFN2O4S/c1-28-12-2-11-23-19(25)20(9-10-20)14-3-5-15(6-4-14)24-29(26,27)16-7-8-18(22)17(21)13-16/h3-8,13,24H,2,9-12H2,1H3,(H,23,25). The van der Waals surface area contributed by atoms with Gasteiger partial charge in [0, 0.05) is 25.9 Å². The predicted octanol–water partition coefficient (Wildman–Crippen LogP) is 3.46. The number of benzene rings is 2. The lowest BCUT2D eigenvalue weighted by atomic mass is 9.95. The van der Waals surface area contributed by atoms with Crippen molar-refractivity contribution in [1.82, 2.24) is 5.32 Å². The third kappa shape index (κ3) is 4.88. The Morgan fingerprint density at radius 3 is 2.48 bits per heavy atom.